The fraction of sp³-hybridized carbons (Fsp3) is 0.571. The first kappa shape index (κ1) is 15.1. The second-order valence-corrected chi connectivity index (χ2v) is 8.67. The van der Waals surface area contributed by atoms with Gasteiger partial charge in [0.2, 0.25) is 0 Å². The molecule has 1 rings (SSSR count). The highest BCUT2D eigenvalue weighted by molar-refractivity contribution is 7.72. The van der Waals surface area contributed by atoms with Crippen LogP contribution in [0, 0.1) is 20.8 Å². The second-order valence-electron chi connectivity index (χ2n) is 5.06. The Kier molecular flexibility index (Phi) is 4.50. The molecule has 0 aliphatic heterocycles. The van der Waals surface area contributed by atoms with E-state index in [0.717, 1.165) is 16.8 Å². The van der Waals surface area contributed by atoms with Crippen LogP contribution in [0.2, 0.25) is 0 Å². The van der Waals surface area contributed by atoms with Crippen molar-refractivity contribution in [1.29, 1.82) is 0 Å². The molecule has 0 spiro atoms. The molecule has 1 heterocycles. The van der Waals surface area contributed by atoms with Crippen molar-refractivity contribution < 1.29 is 0 Å². The maximum atomic E-state index is 4.87. The largest absolute Gasteiger partial charge is 0.301 e. The van der Waals surface area contributed by atoms with Crippen LogP contribution >= 0.6 is 7.05 Å². The van der Waals surface area contributed by atoms with Crippen molar-refractivity contribution in [3.8, 4) is 0 Å². The minimum atomic E-state index is -1.48. The van der Waals surface area contributed by atoms with Crippen LogP contribution in [0.5, 0.6) is 0 Å². The van der Waals surface area contributed by atoms with Crippen LogP contribution in [0.15, 0.2) is 9.74 Å². The molecule has 0 aliphatic rings. The van der Waals surface area contributed by atoms with Gasteiger partial charge in [-0.25, -0.2) is 4.98 Å². The second kappa shape index (κ2) is 5.36. The standard InChI is InChI=1S/C14H24N3P/c1-9-10(2)13(12(4)15-5)17-14(11(9)3)18(7,8)16-6/h1-8H3. The first-order valence-electron chi connectivity index (χ1n) is 6.13. The van der Waals surface area contributed by atoms with E-state index in [1.54, 1.807) is 0 Å². The Bertz CT molecular complexity index is 551. The molecule has 18 heavy (non-hydrogen) atoms. The van der Waals surface area contributed by atoms with Crippen LogP contribution in [0.3, 0.4) is 0 Å². The topological polar surface area (TPSA) is 37.6 Å². The smallest absolute Gasteiger partial charge is 0.0877 e. The lowest BCUT2D eigenvalue weighted by molar-refractivity contribution is 1.16. The fourth-order valence-corrected chi connectivity index (χ4v) is 3.51. The maximum Gasteiger partial charge on any atom is 0.0877 e. The Hall–Kier alpha value is -0.950. The Morgan fingerprint density at radius 3 is 2.00 bits per heavy atom. The van der Waals surface area contributed by atoms with Gasteiger partial charge in [-0.2, -0.15) is 0 Å². The Balaban J connectivity index is 3.73. The summed E-state index contributed by atoms with van der Waals surface area (Å²) in [4.78, 5) is 9.15. The Morgan fingerprint density at radius 1 is 1.00 bits per heavy atom. The number of pyridine rings is 1. The summed E-state index contributed by atoms with van der Waals surface area (Å²) in [5.41, 5.74) is 7.00. The molecule has 0 saturated carbocycles. The minimum Gasteiger partial charge on any atom is -0.301 e. The lowest BCUT2D eigenvalue weighted by Gasteiger charge is -2.20. The van der Waals surface area contributed by atoms with Crippen molar-refractivity contribution in [1.82, 2.24) is 4.98 Å². The highest BCUT2D eigenvalue weighted by Crippen LogP contribution is 2.40. The van der Waals surface area contributed by atoms with E-state index in [0.29, 0.717) is 0 Å². The maximum absolute atomic E-state index is 4.87. The molecular formula is C14H24N3P. The lowest BCUT2D eigenvalue weighted by Crippen LogP contribution is -2.20. The first-order chi connectivity index (χ1) is 8.26. The molecule has 0 N–H and O–H groups in total. The molecule has 0 unspecified atom stereocenters. The summed E-state index contributed by atoms with van der Waals surface area (Å²) in [5.74, 6) is 0. The molecule has 4 heteroatoms. The summed E-state index contributed by atoms with van der Waals surface area (Å²) in [6, 6.07) is 0. The van der Waals surface area contributed by atoms with Gasteiger partial charge in [0.25, 0.3) is 0 Å². The third-order valence-electron chi connectivity index (χ3n) is 3.73. The van der Waals surface area contributed by atoms with Gasteiger partial charge < -0.3 is 4.74 Å². The van der Waals surface area contributed by atoms with E-state index < -0.39 is 7.05 Å². The molecule has 3 nitrogen and oxygen atoms in total. The highest BCUT2D eigenvalue weighted by Gasteiger charge is 2.19. The van der Waals surface area contributed by atoms with E-state index in [4.69, 9.17) is 4.98 Å². The number of aromatic nitrogens is 1. The van der Waals surface area contributed by atoms with Gasteiger partial charge in [0.05, 0.1) is 16.8 Å². The van der Waals surface area contributed by atoms with Crippen molar-refractivity contribution in [2.24, 2.45) is 9.74 Å². The zero-order valence-corrected chi connectivity index (χ0v) is 13.7. The number of hydrogen-bond acceptors (Lipinski definition) is 3. The highest BCUT2D eigenvalue weighted by atomic mass is 31.2. The molecule has 0 radical (unpaired) electrons. The van der Waals surface area contributed by atoms with Crippen LogP contribution < -0.4 is 5.44 Å². The van der Waals surface area contributed by atoms with Crippen molar-refractivity contribution in [2.45, 2.75) is 27.7 Å². The van der Waals surface area contributed by atoms with E-state index in [-0.39, 0.29) is 0 Å². The minimum absolute atomic E-state index is 0.993. The van der Waals surface area contributed by atoms with E-state index in [9.17, 15) is 0 Å². The Labute approximate surface area is 111 Å². The Morgan fingerprint density at radius 2 is 1.56 bits per heavy atom. The van der Waals surface area contributed by atoms with Gasteiger partial charge in [-0.15, -0.1) is 0 Å². The zero-order chi connectivity index (χ0) is 14.1. The predicted octanol–water partition coefficient (Wildman–Crippen LogP) is 3.16. The molecule has 0 aliphatic carbocycles. The van der Waals surface area contributed by atoms with Crippen molar-refractivity contribution in [3.63, 3.8) is 0 Å². The summed E-state index contributed by atoms with van der Waals surface area (Å²) in [6.07, 6.45) is 0. The molecule has 1 aromatic heterocycles. The molecule has 0 aromatic carbocycles. The molecule has 1 aromatic rings. The first-order valence-corrected chi connectivity index (χ1v) is 8.77. The van der Waals surface area contributed by atoms with Gasteiger partial charge in [-0.3, -0.25) is 4.99 Å². The molecule has 0 bridgehead atoms. The number of hydrogen-bond donors (Lipinski definition) is 0. The van der Waals surface area contributed by atoms with Crippen molar-refractivity contribution in [2.75, 3.05) is 27.4 Å². The van der Waals surface area contributed by atoms with E-state index in [1.807, 2.05) is 21.0 Å². The van der Waals surface area contributed by atoms with Crippen LogP contribution in [0.4, 0.5) is 0 Å². The zero-order valence-electron chi connectivity index (χ0n) is 12.8. The summed E-state index contributed by atoms with van der Waals surface area (Å²) in [5, 5.41) is 0. The van der Waals surface area contributed by atoms with E-state index >= 15 is 0 Å². The van der Waals surface area contributed by atoms with Gasteiger partial charge >= 0.3 is 0 Å². The normalized spacial score (nSPS) is 12.8. The molecule has 0 saturated heterocycles. The predicted molar refractivity (Wildman–Crippen MR) is 83.3 cm³/mol. The van der Waals surface area contributed by atoms with E-state index in [1.165, 1.54) is 16.7 Å². The summed E-state index contributed by atoms with van der Waals surface area (Å²) in [7, 11) is 2.23. The summed E-state index contributed by atoms with van der Waals surface area (Å²) in [6.45, 7) is 12.9. The SMILES string of the molecule is CN=C(C)c1nc(P(C)(C)=NC)c(C)c(C)c1C. The summed E-state index contributed by atoms with van der Waals surface area (Å²) >= 11 is 0. The monoisotopic (exact) mass is 265 g/mol. The van der Waals surface area contributed by atoms with Gasteiger partial charge in [0, 0.05) is 21.1 Å². The van der Waals surface area contributed by atoms with Gasteiger partial charge in [0.15, 0.2) is 0 Å². The number of nitrogens with zero attached hydrogens (tertiary/aromatic N) is 3. The number of aliphatic imine (C=N–C) groups is 1. The van der Waals surface area contributed by atoms with Crippen LogP contribution in [0.1, 0.15) is 29.3 Å². The quantitative estimate of drug-likeness (QED) is 0.598. The molecule has 0 fully saturated rings. The third kappa shape index (κ3) is 2.56. The molecular weight excluding hydrogens is 241 g/mol. The molecule has 0 amide bonds. The summed E-state index contributed by atoms with van der Waals surface area (Å²) < 4.78 is 4.56. The third-order valence-corrected chi connectivity index (χ3v) is 6.20. The van der Waals surface area contributed by atoms with Crippen LogP contribution in [-0.2, 0) is 0 Å². The van der Waals surface area contributed by atoms with Gasteiger partial charge in [0.1, 0.15) is 0 Å². The fourth-order valence-electron chi connectivity index (χ4n) is 1.99. The van der Waals surface area contributed by atoms with Gasteiger partial charge in [-0.05, 0) is 57.7 Å². The van der Waals surface area contributed by atoms with Crippen molar-refractivity contribution in [3.05, 3.63) is 22.4 Å². The number of rotatable bonds is 2. The average Bonchev–Trinajstić information content (AvgIpc) is 2.35. The van der Waals surface area contributed by atoms with Crippen LogP contribution in [-0.4, -0.2) is 38.1 Å². The lowest BCUT2D eigenvalue weighted by atomic mass is 10.0. The van der Waals surface area contributed by atoms with E-state index in [2.05, 4.69) is 43.8 Å². The van der Waals surface area contributed by atoms with Gasteiger partial charge in [-0.1, -0.05) is 0 Å². The molecule has 100 valence electrons. The average molecular weight is 265 g/mol. The van der Waals surface area contributed by atoms with Crippen LogP contribution in [0.25, 0.3) is 0 Å². The van der Waals surface area contributed by atoms with Crippen molar-refractivity contribution >= 4 is 18.2 Å². The molecule has 0 atom stereocenters.